The van der Waals surface area contributed by atoms with Crippen LogP contribution < -0.4 is 5.32 Å². The number of hydrogen-bond acceptors (Lipinski definition) is 2. The lowest BCUT2D eigenvalue weighted by Crippen LogP contribution is -2.28. The largest absolute Gasteiger partial charge is 0.384 e. The molecule has 0 saturated carbocycles. The molecular weight excluding hydrogens is 142 g/mol. The van der Waals surface area contributed by atoms with Gasteiger partial charge in [0.2, 0.25) is 5.91 Å². The summed E-state index contributed by atoms with van der Waals surface area (Å²) < 4.78 is 0. The van der Waals surface area contributed by atoms with E-state index < -0.39 is 6.10 Å². The molecule has 3 nitrogen and oxygen atoms in total. The third-order valence-corrected chi connectivity index (χ3v) is 0.626. The second-order valence-corrected chi connectivity index (χ2v) is 1.29. The molecule has 0 saturated heterocycles. The van der Waals surface area contributed by atoms with Crippen molar-refractivity contribution in [3.05, 3.63) is 0 Å². The summed E-state index contributed by atoms with van der Waals surface area (Å²) in [6.45, 7) is 9.42. The molecule has 2 N–H and O–H groups in total. The highest BCUT2D eigenvalue weighted by Crippen LogP contribution is 1.74. The predicted octanol–water partition coefficient (Wildman–Crippen LogP) is 1.17. The summed E-state index contributed by atoms with van der Waals surface area (Å²) in [6, 6.07) is 0. The van der Waals surface area contributed by atoms with Crippen molar-refractivity contribution in [3.8, 4) is 0 Å². The highest BCUT2D eigenvalue weighted by Gasteiger charge is 2.02. The van der Waals surface area contributed by atoms with Crippen molar-refractivity contribution in [1.29, 1.82) is 0 Å². The summed E-state index contributed by atoms with van der Waals surface area (Å²) in [5.74, 6) is -0.347. The Hall–Kier alpha value is -0.570. The lowest BCUT2D eigenvalue weighted by atomic mass is 10.4. The Morgan fingerprint density at radius 2 is 1.55 bits per heavy atom. The molecule has 0 rings (SSSR count). The molecule has 1 unspecified atom stereocenters. The molecule has 70 valence electrons. The van der Waals surface area contributed by atoms with Crippen LogP contribution in [0, 0.1) is 0 Å². The van der Waals surface area contributed by atoms with Crippen molar-refractivity contribution in [3.63, 3.8) is 0 Å². The van der Waals surface area contributed by atoms with Crippen LogP contribution in [0.2, 0.25) is 0 Å². The maximum atomic E-state index is 10.2. The lowest BCUT2D eigenvalue weighted by Gasteiger charge is -1.98. The van der Waals surface area contributed by atoms with Gasteiger partial charge in [-0.1, -0.05) is 27.7 Å². The molecule has 0 aromatic heterocycles. The molecule has 0 bridgehead atoms. The molecule has 1 amide bonds. The Labute approximate surface area is 69.8 Å². The van der Waals surface area contributed by atoms with Crippen LogP contribution in [0.4, 0.5) is 0 Å². The third-order valence-electron chi connectivity index (χ3n) is 0.626. The molecule has 0 heterocycles. The zero-order chi connectivity index (χ0) is 9.86. The van der Waals surface area contributed by atoms with Gasteiger partial charge in [0.1, 0.15) is 6.10 Å². The number of rotatable bonds is 1. The van der Waals surface area contributed by atoms with Crippen LogP contribution in [0.3, 0.4) is 0 Å². The Kier molecular flexibility index (Phi) is 24.8. The van der Waals surface area contributed by atoms with Crippen molar-refractivity contribution in [2.75, 3.05) is 7.05 Å². The first-order valence-corrected chi connectivity index (χ1v) is 4.08. The van der Waals surface area contributed by atoms with E-state index in [1.807, 2.05) is 27.7 Å². The van der Waals surface area contributed by atoms with Gasteiger partial charge in [-0.3, -0.25) is 4.79 Å². The van der Waals surface area contributed by atoms with Gasteiger partial charge in [0.15, 0.2) is 0 Å². The average molecular weight is 163 g/mol. The first-order valence-electron chi connectivity index (χ1n) is 4.08. The zero-order valence-electron chi connectivity index (χ0n) is 8.43. The molecule has 0 spiro atoms. The summed E-state index contributed by atoms with van der Waals surface area (Å²) in [4.78, 5) is 10.2. The van der Waals surface area contributed by atoms with Gasteiger partial charge in [0, 0.05) is 7.05 Å². The van der Waals surface area contributed by atoms with Gasteiger partial charge in [-0.15, -0.1) is 0 Å². The third kappa shape index (κ3) is 17.7. The van der Waals surface area contributed by atoms with Crippen LogP contribution in [-0.4, -0.2) is 24.2 Å². The van der Waals surface area contributed by atoms with Crippen molar-refractivity contribution in [2.45, 2.75) is 40.7 Å². The van der Waals surface area contributed by atoms with Crippen molar-refractivity contribution in [2.24, 2.45) is 0 Å². The van der Waals surface area contributed by atoms with Crippen LogP contribution in [0.15, 0.2) is 0 Å². The van der Waals surface area contributed by atoms with Crippen molar-refractivity contribution in [1.82, 2.24) is 5.32 Å². The van der Waals surface area contributed by atoms with Gasteiger partial charge in [0.25, 0.3) is 0 Å². The SMILES string of the molecule is CC.CC.CNC(=O)C(C)O. The fourth-order valence-corrected chi connectivity index (χ4v) is 0.209. The van der Waals surface area contributed by atoms with E-state index in [0.717, 1.165) is 0 Å². The summed E-state index contributed by atoms with van der Waals surface area (Å²) in [5.41, 5.74) is 0. The number of hydrogen-bond donors (Lipinski definition) is 2. The van der Waals surface area contributed by atoms with E-state index in [1.54, 1.807) is 0 Å². The lowest BCUT2D eigenvalue weighted by molar-refractivity contribution is -0.127. The number of carbonyl (C=O) groups is 1. The summed E-state index contributed by atoms with van der Waals surface area (Å²) >= 11 is 0. The minimum Gasteiger partial charge on any atom is -0.384 e. The summed E-state index contributed by atoms with van der Waals surface area (Å²) in [7, 11) is 1.48. The van der Waals surface area contributed by atoms with Gasteiger partial charge >= 0.3 is 0 Å². The predicted molar refractivity (Wildman–Crippen MR) is 48.4 cm³/mol. The number of aliphatic hydroxyl groups excluding tert-OH is 1. The number of carbonyl (C=O) groups excluding carboxylic acids is 1. The molecule has 0 radical (unpaired) electrons. The topological polar surface area (TPSA) is 49.3 Å². The second-order valence-electron chi connectivity index (χ2n) is 1.29. The van der Waals surface area contributed by atoms with Crippen LogP contribution in [-0.2, 0) is 4.79 Å². The summed E-state index contributed by atoms with van der Waals surface area (Å²) in [6.07, 6.45) is -0.884. The molecule has 0 aliphatic heterocycles. The van der Waals surface area contributed by atoms with Gasteiger partial charge in [0.05, 0.1) is 0 Å². The van der Waals surface area contributed by atoms with Crippen molar-refractivity contribution >= 4 is 5.91 Å². The first kappa shape index (κ1) is 16.8. The fraction of sp³-hybridized carbons (Fsp3) is 0.875. The molecule has 3 heteroatoms. The number of nitrogens with one attached hydrogen (secondary N) is 1. The standard InChI is InChI=1S/C4H9NO2.2C2H6/c1-3(6)4(7)5-2;2*1-2/h3,6H,1-2H3,(H,5,7);2*1-2H3. The monoisotopic (exact) mass is 163 g/mol. The second kappa shape index (κ2) is 16.2. The molecule has 0 aromatic rings. The molecule has 1 atom stereocenters. The van der Waals surface area contributed by atoms with E-state index >= 15 is 0 Å². The number of aliphatic hydroxyl groups is 1. The Balaban J connectivity index is -0.000000138. The maximum absolute atomic E-state index is 10.2. The van der Waals surface area contributed by atoms with Gasteiger partial charge in [-0.25, -0.2) is 0 Å². The number of likely N-dealkylation sites (N-methyl/N-ethyl adjacent to an activating group) is 1. The van der Waals surface area contributed by atoms with E-state index in [0.29, 0.717) is 0 Å². The quantitative estimate of drug-likeness (QED) is 0.609. The minimum absolute atomic E-state index is 0.347. The normalized spacial score (nSPS) is 9.36. The van der Waals surface area contributed by atoms with Gasteiger partial charge < -0.3 is 10.4 Å². The molecule has 0 aliphatic carbocycles. The fourth-order valence-electron chi connectivity index (χ4n) is 0.209. The Morgan fingerprint density at radius 1 is 1.27 bits per heavy atom. The highest BCUT2D eigenvalue weighted by molar-refractivity contribution is 5.79. The van der Waals surface area contributed by atoms with E-state index in [9.17, 15) is 4.79 Å². The molecule has 0 aliphatic rings. The molecule has 0 aromatic carbocycles. The van der Waals surface area contributed by atoms with Gasteiger partial charge in [-0.2, -0.15) is 0 Å². The minimum atomic E-state index is -0.884. The van der Waals surface area contributed by atoms with E-state index in [4.69, 9.17) is 5.11 Å². The maximum Gasteiger partial charge on any atom is 0.248 e. The summed E-state index contributed by atoms with van der Waals surface area (Å²) in [5, 5.41) is 10.7. The van der Waals surface area contributed by atoms with Crippen molar-refractivity contribution < 1.29 is 9.90 Å². The zero-order valence-corrected chi connectivity index (χ0v) is 8.43. The Morgan fingerprint density at radius 3 is 1.55 bits per heavy atom. The van der Waals surface area contributed by atoms with E-state index in [1.165, 1.54) is 14.0 Å². The van der Waals surface area contributed by atoms with Crippen LogP contribution in [0.25, 0.3) is 0 Å². The first-order chi connectivity index (χ1) is 5.18. The van der Waals surface area contributed by atoms with E-state index in [2.05, 4.69) is 5.32 Å². The van der Waals surface area contributed by atoms with Gasteiger partial charge in [-0.05, 0) is 6.92 Å². The van der Waals surface area contributed by atoms with E-state index in [-0.39, 0.29) is 5.91 Å². The van der Waals surface area contributed by atoms with Crippen LogP contribution >= 0.6 is 0 Å². The van der Waals surface area contributed by atoms with Crippen LogP contribution in [0.5, 0.6) is 0 Å². The average Bonchev–Trinajstić information content (AvgIpc) is 2.10. The molecule has 11 heavy (non-hydrogen) atoms. The molecular formula is C8H21NO2. The Bertz CT molecular complexity index is 72.5. The highest BCUT2D eigenvalue weighted by atomic mass is 16.3. The van der Waals surface area contributed by atoms with Crippen LogP contribution in [0.1, 0.15) is 34.6 Å². The smallest absolute Gasteiger partial charge is 0.248 e. The number of amides is 1. The molecule has 0 fully saturated rings.